The average molecular weight is 363 g/mol. The molecule has 2 aromatic heterocycles. The SMILES string of the molecule is COc1ccc(-c2nc3c(C#N)c[nH]n3c2NC2CCCCCCC2)cc1. The Bertz CT molecular complexity index is 940. The highest BCUT2D eigenvalue weighted by molar-refractivity contribution is 5.78. The maximum atomic E-state index is 9.39. The largest absolute Gasteiger partial charge is 0.497 e. The van der Waals surface area contributed by atoms with Crippen molar-refractivity contribution in [3.8, 4) is 23.1 Å². The molecule has 1 fully saturated rings. The van der Waals surface area contributed by atoms with Gasteiger partial charge in [0, 0.05) is 17.8 Å². The van der Waals surface area contributed by atoms with Crippen molar-refractivity contribution in [3.05, 3.63) is 36.0 Å². The first kappa shape index (κ1) is 17.5. The first-order valence-corrected chi connectivity index (χ1v) is 9.71. The van der Waals surface area contributed by atoms with Gasteiger partial charge in [-0.2, -0.15) is 5.26 Å². The van der Waals surface area contributed by atoms with Crippen LogP contribution in [0.4, 0.5) is 5.82 Å². The highest BCUT2D eigenvalue weighted by Gasteiger charge is 2.21. The van der Waals surface area contributed by atoms with Crippen LogP contribution in [0.1, 0.15) is 50.5 Å². The Morgan fingerprint density at radius 2 is 1.85 bits per heavy atom. The third kappa shape index (κ3) is 3.50. The van der Waals surface area contributed by atoms with Gasteiger partial charge in [-0.05, 0) is 37.1 Å². The third-order valence-corrected chi connectivity index (χ3v) is 5.39. The molecule has 0 amide bonds. The van der Waals surface area contributed by atoms with E-state index in [1.165, 1.54) is 44.9 Å². The predicted molar refractivity (Wildman–Crippen MR) is 106 cm³/mol. The van der Waals surface area contributed by atoms with Gasteiger partial charge < -0.3 is 10.1 Å². The van der Waals surface area contributed by atoms with Crippen molar-refractivity contribution in [2.24, 2.45) is 0 Å². The molecule has 6 nitrogen and oxygen atoms in total. The maximum absolute atomic E-state index is 9.39. The maximum Gasteiger partial charge on any atom is 0.173 e. The molecule has 2 N–H and O–H groups in total. The number of nitrogens with one attached hydrogen (secondary N) is 2. The van der Waals surface area contributed by atoms with Crippen molar-refractivity contribution in [1.82, 2.24) is 14.6 Å². The molecule has 0 saturated heterocycles. The van der Waals surface area contributed by atoms with Crippen LogP contribution < -0.4 is 10.1 Å². The Morgan fingerprint density at radius 3 is 2.52 bits per heavy atom. The minimum absolute atomic E-state index is 0.427. The van der Waals surface area contributed by atoms with Crippen LogP contribution >= 0.6 is 0 Å². The van der Waals surface area contributed by atoms with Gasteiger partial charge >= 0.3 is 0 Å². The van der Waals surface area contributed by atoms with E-state index in [9.17, 15) is 5.26 Å². The lowest BCUT2D eigenvalue weighted by atomic mass is 9.96. The third-order valence-electron chi connectivity index (χ3n) is 5.39. The van der Waals surface area contributed by atoms with Gasteiger partial charge in [0.25, 0.3) is 0 Å². The van der Waals surface area contributed by atoms with E-state index >= 15 is 0 Å². The molecule has 140 valence electrons. The van der Waals surface area contributed by atoms with Gasteiger partial charge in [0.2, 0.25) is 0 Å². The summed E-state index contributed by atoms with van der Waals surface area (Å²) in [5.74, 6) is 1.75. The molecule has 0 aliphatic heterocycles. The van der Waals surface area contributed by atoms with E-state index < -0.39 is 0 Å². The summed E-state index contributed by atoms with van der Waals surface area (Å²) >= 11 is 0. The summed E-state index contributed by atoms with van der Waals surface area (Å²) in [6.45, 7) is 0. The van der Waals surface area contributed by atoms with Crippen LogP contribution in [-0.2, 0) is 0 Å². The number of aromatic nitrogens is 3. The van der Waals surface area contributed by atoms with Crippen molar-refractivity contribution in [1.29, 1.82) is 5.26 Å². The highest BCUT2D eigenvalue weighted by atomic mass is 16.5. The standard InChI is InChI=1S/C21H25N5O/c1-27-18-11-9-15(10-12-18)19-21(24-17-7-5-3-2-4-6-8-17)26-20(25-19)16(13-22)14-23-26/h9-12,14,17,23-24H,2-8H2,1H3. The summed E-state index contributed by atoms with van der Waals surface area (Å²) in [7, 11) is 1.66. The summed E-state index contributed by atoms with van der Waals surface area (Å²) in [4.78, 5) is 4.78. The molecule has 1 saturated carbocycles. The van der Waals surface area contributed by atoms with Crippen LogP contribution in [0.2, 0.25) is 0 Å². The van der Waals surface area contributed by atoms with Crippen molar-refractivity contribution in [2.75, 3.05) is 12.4 Å². The molecule has 0 unspecified atom stereocenters. The number of benzene rings is 1. The number of anilines is 1. The molecule has 0 spiro atoms. The predicted octanol–water partition coefficient (Wildman–Crippen LogP) is 4.73. The zero-order valence-corrected chi connectivity index (χ0v) is 15.7. The zero-order valence-electron chi connectivity index (χ0n) is 15.7. The second-order valence-corrected chi connectivity index (χ2v) is 7.18. The van der Waals surface area contributed by atoms with Gasteiger partial charge in [-0.25, -0.2) is 9.50 Å². The Hall–Kier alpha value is -2.94. The van der Waals surface area contributed by atoms with Crippen molar-refractivity contribution >= 4 is 11.5 Å². The van der Waals surface area contributed by atoms with Crippen LogP contribution in [0.25, 0.3) is 16.9 Å². The summed E-state index contributed by atoms with van der Waals surface area (Å²) in [6, 6.07) is 10.5. The number of imidazole rings is 1. The molecule has 0 bridgehead atoms. The van der Waals surface area contributed by atoms with E-state index in [0.29, 0.717) is 17.3 Å². The fourth-order valence-corrected chi connectivity index (χ4v) is 3.88. The number of rotatable bonds is 4. The van der Waals surface area contributed by atoms with Gasteiger partial charge in [0.05, 0.1) is 7.11 Å². The number of fused-ring (bicyclic) bond motifs is 1. The summed E-state index contributed by atoms with van der Waals surface area (Å²) in [6.07, 6.45) is 10.5. The van der Waals surface area contributed by atoms with Crippen LogP contribution in [0.15, 0.2) is 30.5 Å². The number of nitrogens with zero attached hydrogens (tertiary/aromatic N) is 3. The van der Waals surface area contributed by atoms with E-state index in [-0.39, 0.29) is 0 Å². The van der Waals surface area contributed by atoms with Gasteiger partial charge in [0.1, 0.15) is 23.1 Å². The smallest absolute Gasteiger partial charge is 0.173 e. The van der Waals surface area contributed by atoms with E-state index in [1.807, 2.05) is 28.8 Å². The molecule has 0 atom stereocenters. The van der Waals surface area contributed by atoms with Crippen molar-refractivity contribution < 1.29 is 4.74 Å². The lowest BCUT2D eigenvalue weighted by Crippen LogP contribution is -2.22. The van der Waals surface area contributed by atoms with Crippen LogP contribution in [-0.4, -0.2) is 27.7 Å². The number of methoxy groups -OCH3 is 1. The number of H-pyrrole nitrogens is 1. The molecular formula is C21H25N5O. The summed E-state index contributed by atoms with van der Waals surface area (Å²) in [5.41, 5.74) is 3.08. The van der Waals surface area contributed by atoms with Gasteiger partial charge in [0.15, 0.2) is 11.5 Å². The first-order valence-electron chi connectivity index (χ1n) is 9.71. The second kappa shape index (κ2) is 7.75. The number of aromatic amines is 1. The quantitative estimate of drug-likeness (QED) is 0.702. The molecule has 27 heavy (non-hydrogen) atoms. The molecule has 0 radical (unpaired) electrons. The first-order chi connectivity index (χ1) is 13.3. The molecule has 3 aromatic rings. The Labute approximate surface area is 159 Å². The average Bonchev–Trinajstić information content (AvgIpc) is 3.23. The topological polar surface area (TPSA) is 78.1 Å². The van der Waals surface area contributed by atoms with E-state index in [1.54, 1.807) is 13.3 Å². The van der Waals surface area contributed by atoms with Gasteiger partial charge in [-0.3, -0.25) is 5.10 Å². The monoisotopic (exact) mass is 363 g/mol. The molecule has 6 heteroatoms. The molecule has 1 aliphatic carbocycles. The molecule has 1 aromatic carbocycles. The molecule has 4 rings (SSSR count). The van der Waals surface area contributed by atoms with E-state index in [2.05, 4.69) is 16.5 Å². The molecule has 1 aliphatic rings. The lowest BCUT2D eigenvalue weighted by Gasteiger charge is -2.22. The second-order valence-electron chi connectivity index (χ2n) is 7.18. The van der Waals surface area contributed by atoms with Gasteiger partial charge in [-0.15, -0.1) is 0 Å². The van der Waals surface area contributed by atoms with E-state index in [0.717, 1.165) is 22.8 Å². The van der Waals surface area contributed by atoms with E-state index in [4.69, 9.17) is 9.72 Å². The number of hydrogen-bond donors (Lipinski definition) is 2. The Morgan fingerprint density at radius 1 is 1.15 bits per heavy atom. The Kier molecular flexibility index (Phi) is 5.01. The Balaban J connectivity index is 1.73. The normalized spacial score (nSPS) is 15.9. The van der Waals surface area contributed by atoms with Crippen molar-refractivity contribution in [2.45, 2.75) is 51.0 Å². The zero-order chi connectivity index (χ0) is 18.6. The van der Waals surface area contributed by atoms with Gasteiger partial charge in [-0.1, -0.05) is 32.1 Å². The highest BCUT2D eigenvalue weighted by Crippen LogP contribution is 2.32. The van der Waals surface area contributed by atoms with Crippen LogP contribution in [0, 0.1) is 11.3 Å². The summed E-state index contributed by atoms with van der Waals surface area (Å²) in [5, 5.41) is 16.3. The minimum atomic E-state index is 0.427. The summed E-state index contributed by atoms with van der Waals surface area (Å²) < 4.78 is 7.17. The van der Waals surface area contributed by atoms with Crippen LogP contribution in [0.3, 0.4) is 0 Å². The lowest BCUT2D eigenvalue weighted by molar-refractivity contribution is 0.415. The van der Waals surface area contributed by atoms with Crippen molar-refractivity contribution in [3.63, 3.8) is 0 Å². The minimum Gasteiger partial charge on any atom is -0.497 e. The fraction of sp³-hybridized carbons (Fsp3) is 0.429. The number of ether oxygens (including phenoxy) is 1. The fourth-order valence-electron chi connectivity index (χ4n) is 3.88. The van der Waals surface area contributed by atoms with Crippen LogP contribution in [0.5, 0.6) is 5.75 Å². The number of hydrogen-bond acceptors (Lipinski definition) is 4. The number of nitriles is 1. The molecular weight excluding hydrogens is 338 g/mol. The molecule has 2 heterocycles.